The van der Waals surface area contributed by atoms with Crippen LogP contribution in [0.3, 0.4) is 0 Å². The van der Waals surface area contributed by atoms with E-state index in [4.69, 9.17) is 0 Å². The minimum atomic E-state index is -0.657. The number of nitrogens with zero attached hydrogens (tertiary/aromatic N) is 5. The van der Waals surface area contributed by atoms with Gasteiger partial charge in [0.25, 0.3) is 5.56 Å². The minimum absolute atomic E-state index is 0.0970. The molecular formula is C18H13N5O2. The van der Waals surface area contributed by atoms with Crippen LogP contribution in [-0.2, 0) is 7.05 Å². The average molecular weight is 331 g/mol. The molecule has 0 aromatic heterocycles. The van der Waals surface area contributed by atoms with Gasteiger partial charge >= 0.3 is 5.69 Å². The van der Waals surface area contributed by atoms with Crippen LogP contribution in [0.4, 0.5) is 0 Å². The van der Waals surface area contributed by atoms with Gasteiger partial charge in [0.15, 0.2) is 17.3 Å². The lowest BCUT2D eigenvalue weighted by molar-refractivity contribution is 0.695. The molecule has 0 bridgehead atoms. The smallest absolute Gasteiger partial charge is 0.266 e. The molecule has 4 rings (SSSR count). The highest BCUT2D eigenvalue weighted by molar-refractivity contribution is 5.59. The lowest BCUT2D eigenvalue weighted by Crippen LogP contribution is -2.37. The summed E-state index contributed by atoms with van der Waals surface area (Å²) in [6, 6.07) is 18.0. The zero-order chi connectivity index (χ0) is 17.4. The van der Waals surface area contributed by atoms with Crippen molar-refractivity contribution in [2.75, 3.05) is 0 Å². The fraction of sp³-hybridized carbons (Fsp3) is 0.0556. The molecule has 2 aromatic carbocycles. The summed E-state index contributed by atoms with van der Waals surface area (Å²) in [5.41, 5.74) is 0.151. The number of aromatic nitrogens is 5. The van der Waals surface area contributed by atoms with Gasteiger partial charge in [0.05, 0.1) is 5.69 Å². The average Bonchev–Trinajstić information content (AvgIpc) is 2.64. The van der Waals surface area contributed by atoms with Crippen molar-refractivity contribution in [2.45, 2.75) is 0 Å². The standard InChI is InChI=1S/C18H13N5O2/c1-22-16-14(19-15(21-22)12-8-4-2-5-9-12)17(24)23(18(25)20-16)13-10-6-3-7-11-13/h2-11H,1H3. The summed E-state index contributed by atoms with van der Waals surface area (Å²) in [6.45, 7) is 0. The summed E-state index contributed by atoms with van der Waals surface area (Å²) in [5.74, 6) is 0.551. The van der Waals surface area contributed by atoms with Crippen molar-refractivity contribution in [3.05, 3.63) is 81.5 Å². The van der Waals surface area contributed by atoms with E-state index in [0.717, 1.165) is 10.1 Å². The summed E-state index contributed by atoms with van der Waals surface area (Å²) < 4.78 is 2.42. The molecule has 122 valence electrons. The predicted octanol–water partition coefficient (Wildman–Crippen LogP) is 1.49. The lowest BCUT2D eigenvalue weighted by atomic mass is 10.2. The second kappa shape index (κ2) is 5.79. The highest BCUT2D eigenvalue weighted by Gasteiger charge is 2.21. The minimum Gasteiger partial charge on any atom is -0.266 e. The molecular weight excluding hydrogens is 318 g/mol. The molecule has 2 aliphatic heterocycles. The summed E-state index contributed by atoms with van der Waals surface area (Å²) in [6.07, 6.45) is 0. The molecule has 2 aromatic rings. The molecule has 0 N–H and O–H groups in total. The molecule has 0 radical (unpaired) electrons. The molecule has 2 aliphatic rings. The Morgan fingerprint density at radius 3 is 2.16 bits per heavy atom. The Morgan fingerprint density at radius 1 is 0.840 bits per heavy atom. The molecule has 7 nitrogen and oxygen atoms in total. The van der Waals surface area contributed by atoms with Crippen LogP contribution in [0, 0.1) is 0 Å². The molecule has 0 unspecified atom stereocenters. The first-order chi connectivity index (χ1) is 12.1. The van der Waals surface area contributed by atoms with E-state index in [2.05, 4.69) is 15.1 Å². The first kappa shape index (κ1) is 14.9. The van der Waals surface area contributed by atoms with Gasteiger partial charge in [0, 0.05) is 12.6 Å². The van der Waals surface area contributed by atoms with E-state index in [9.17, 15) is 9.59 Å². The number of hydrogen-bond acceptors (Lipinski definition) is 5. The molecule has 0 amide bonds. The molecule has 0 saturated carbocycles. The van der Waals surface area contributed by atoms with E-state index in [0.29, 0.717) is 11.5 Å². The van der Waals surface area contributed by atoms with Crippen LogP contribution < -0.4 is 11.2 Å². The van der Waals surface area contributed by atoms with Gasteiger partial charge in [-0.15, -0.1) is 0 Å². The van der Waals surface area contributed by atoms with Gasteiger partial charge < -0.3 is 0 Å². The Hall–Kier alpha value is -3.61. The van der Waals surface area contributed by atoms with Gasteiger partial charge in [-0.25, -0.2) is 19.0 Å². The highest BCUT2D eigenvalue weighted by Crippen LogP contribution is 2.17. The Morgan fingerprint density at radius 2 is 1.48 bits per heavy atom. The number of rotatable bonds is 2. The molecule has 0 aliphatic carbocycles. The number of benzene rings is 2. The van der Waals surface area contributed by atoms with E-state index < -0.39 is 11.2 Å². The van der Waals surface area contributed by atoms with Crippen molar-refractivity contribution in [2.24, 2.45) is 7.05 Å². The van der Waals surface area contributed by atoms with Crippen LogP contribution in [0.25, 0.3) is 28.6 Å². The molecule has 0 fully saturated rings. The van der Waals surface area contributed by atoms with Gasteiger partial charge in [-0.05, 0) is 12.1 Å². The second-order valence-electron chi connectivity index (χ2n) is 5.47. The summed E-state index contributed by atoms with van der Waals surface area (Å²) in [7, 11) is 1.63. The quantitative estimate of drug-likeness (QED) is 0.556. The zero-order valence-electron chi connectivity index (χ0n) is 13.3. The Labute approximate surface area is 142 Å². The maximum Gasteiger partial charge on any atom is 0.357 e. The summed E-state index contributed by atoms with van der Waals surface area (Å²) in [4.78, 5) is 33.6. The van der Waals surface area contributed by atoms with Gasteiger partial charge in [-0.1, -0.05) is 48.5 Å². The molecule has 0 atom stereocenters. The predicted molar refractivity (Wildman–Crippen MR) is 92.7 cm³/mol. The second-order valence-corrected chi connectivity index (χ2v) is 5.47. The monoisotopic (exact) mass is 331 g/mol. The third-order valence-electron chi connectivity index (χ3n) is 3.83. The normalized spacial score (nSPS) is 10.9. The van der Waals surface area contributed by atoms with Crippen molar-refractivity contribution < 1.29 is 0 Å². The summed E-state index contributed by atoms with van der Waals surface area (Å²) in [5, 5.41) is 4.31. The Balaban J connectivity index is 2.05. The van der Waals surface area contributed by atoms with Crippen LogP contribution in [0.15, 0.2) is 70.3 Å². The molecule has 0 saturated heterocycles. The van der Waals surface area contributed by atoms with Gasteiger partial charge in [0.2, 0.25) is 0 Å². The maximum absolute atomic E-state index is 12.9. The number of hydrogen-bond donors (Lipinski definition) is 0. The number of para-hydroxylation sites is 1. The third-order valence-corrected chi connectivity index (χ3v) is 3.83. The van der Waals surface area contributed by atoms with E-state index in [-0.39, 0.29) is 11.5 Å². The van der Waals surface area contributed by atoms with E-state index in [1.54, 1.807) is 31.3 Å². The first-order valence-corrected chi connectivity index (χ1v) is 7.64. The van der Waals surface area contributed by atoms with E-state index >= 15 is 0 Å². The van der Waals surface area contributed by atoms with Crippen molar-refractivity contribution in [3.63, 3.8) is 0 Å². The van der Waals surface area contributed by atoms with Gasteiger partial charge in [-0.3, -0.25) is 4.79 Å². The topological polar surface area (TPSA) is 82.7 Å². The van der Waals surface area contributed by atoms with Crippen LogP contribution in [-0.4, -0.2) is 24.3 Å². The van der Waals surface area contributed by atoms with E-state index in [1.165, 1.54) is 4.68 Å². The van der Waals surface area contributed by atoms with Crippen LogP contribution >= 0.6 is 0 Å². The first-order valence-electron chi connectivity index (χ1n) is 7.64. The third kappa shape index (κ3) is 2.51. The van der Waals surface area contributed by atoms with Crippen LogP contribution in [0.1, 0.15) is 0 Å². The van der Waals surface area contributed by atoms with Crippen LogP contribution in [0.5, 0.6) is 0 Å². The Bertz CT molecular complexity index is 1130. The van der Waals surface area contributed by atoms with Crippen molar-refractivity contribution in [3.8, 4) is 28.6 Å². The molecule has 2 heterocycles. The van der Waals surface area contributed by atoms with Crippen LogP contribution in [0.2, 0.25) is 0 Å². The number of aryl methyl sites for hydroxylation is 1. The molecule has 25 heavy (non-hydrogen) atoms. The lowest BCUT2D eigenvalue weighted by Gasteiger charge is -2.12. The Kier molecular flexibility index (Phi) is 3.46. The number of fused-ring (bicyclic) bond motifs is 1. The van der Waals surface area contributed by atoms with Crippen molar-refractivity contribution in [1.29, 1.82) is 0 Å². The van der Waals surface area contributed by atoms with Crippen molar-refractivity contribution in [1.82, 2.24) is 24.3 Å². The summed E-state index contributed by atoms with van der Waals surface area (Å²) >= 11 is 0. The van der Waals surface area contributed by atoms with E-state index in [1.807, 2.05) is 36.4 Å². The van der Waals surface area contributed by atoms with Crippen molar-refractivity contribution >= 4 is 0 Å². The fourth-order valence-electron chi connectivity index (χ4n) is 2.64. The molecule has 7 heteroatoms. The largest absolute Gasteiger partial charge is 0.357 e. The fourth-order valence-corrected chi connectivity index (χ4v) is 2.64. The SMILES string of the molecule is Cn1nc(-c2ccccc2)nc2c(=O)n(-c3ccccc3)c(=O)nc1-2. The zero-order valence-corrected chi connectivity index (χ0v) is 13.3. The van der Waals surface area contributed by atoms with Gasteiger partial charge in [-0.2, -0.15) is 10.1 Å². The van der Waals surface area contributed by atoms with Gasteiger partial charge in [0.1, 0.15) is 0 Å². The highest BCUT2D eigenvalue weighted by atomic mass is 16.2. The molecule has 0 spiro atoms. The maximum atomic E-state index is 12.9.